The van der Waals surface area contributed by atoms with E-state index in [2.05, 4.69) is 45.4 Å². The van der Waals surface area contributed by atoms with Gasteiger partial charge in [-0.25, -0.2) is 24.8 Å². The highest BCUT2D eigenvalue weighted by Crippen LogP contribution is 2.40. The Labute approximate surface area is 197 Å². The number of benzene rings is 2. The molecule has 3 aromatic heterocycles. The quantitative estimate of drug-likeness (QED) is 0.288. The van der Waals surface area contributed by atoms with Gasteiger partial charge in [-0.3, -0.25) is 10.1 Å². The Bertz CT molecular complexity index is 1610. The molecule has 0 fully saturated rings. The topological polar surface area (TPSA) is 148 Å². The number of rotatable bonds is 5. The Morgan fingerprint density at radius 1 is 1.00 bits per heavy atom. The molecule has 0 radical (unpaired) electrons. The number of hydrogen-bond acceptors (Lipinski definition) is 9. The SMILES string of the molecule is [C-]#[N+]c1cnn(-c2ncccn2)c1N=Nc1c(O)c(C(=O)Nc2ncccn2)cc2ccccc12. The van der Waals surface area contributed by atoms with E-state index in [0.717, 1.165) is 0 Å². The predicted molar refractivity (Wildman–Crippen MR) is 125 cm³/mol. The highest BCUT2D eigenvalue weighted by molar-refractivity contribution is 6.11. The zero-order valence-electron chi connectivity index (χ0n) is 17.8. The Balaban J connectivity index is 1.61. The molecule has 2 N–H and O–H groups in total. The van der Waals surface area contributed by atoms with Crippen LogP contribution in [0.1, 0.15) is 10.4 Å². The van der Waals surface area contributed by atoms with Gasteiger partial charge in [-0.05, 0) is 23.6 Å². The van der Waals surface area contributed by atoms with Crippen LogP contribution in [0.25, 0.3) is 21.6 Å². The summed E-state index contributed by atoms with van der Waals surface area (Å²) >= 11 is 0. The van der Waals surface area contributed by atoms with Crippen LogP contribution in [0, 0.1) is 6.57 Å². The fraction of sp³-hybridized carbons (Fsp3) is 0. The van der Waals surface area contributed by atoms with E-state index in [4.69, 9.17) is 6.57 Å². The van der Waals surface area contributed by atoms with Gasteiger partial charge in [-0.2, -0.15) is 9.78 Å². The van der Waals surface area contributed by atoms with Gasteiger partial charge < -0.3 is 5.11 Å². The summed E-state index contributed by atoms with van der Waals surface area (Å²) in [7, 11) is 0. The Morgan fingerprint density at radius 3 is 2.46 bits per heavy atom. The standard InChI is InChI=1S/C23H14N10O2/c1-24-17-13-29-33(23-27-10-5-11-28-23)20(17)32-31-18-15-7-3-2-6-14(15)12-16(19(18)34)21(35)30-22-25-8-4-9-26-22/h2-13,34H,(H,25,26,30,35). The number of phenols is 1. The number of amides is 1. The summed E-state index contributed by atoms with van der Waals surface area (Å²) < 4.78 is 1.26. The number of nitrogens with zero attached hydrogens (tertiary/aromatic N) is 9. The second-order valence-corrected chi connectivity index (χ2v) is 6.99. The number of anilines is 1. The summed E-state index contributed by atoms with van der Waals surface area (Å²) in [6.45, 7) is 7.43. The number of fused-ring (bicyclic) bond motifs is 1. The fourth-order valence-corrected chi connectivity index (χ4v) is 3.27. The van der Waals surface area contributed by atoms with E-state index in [9.17, 15) is 9.90 Å². The second kappa shape index (κ2) is 9.12. The number of carbonyl (C=O) groups excluding carboxylic acids is 1. The molecule has 5 rings (SSSR count). The van der Waals surface area contributed by atoms with Crippen molar-refractivity contribution in [1.29, 1.82) is 0 Å². The number of azo groups is 1. The van der Waals surface area contributed by atoms with Crippen LogP contribution in [0.4, 0.5) is 23.1 Å². The minimum absolute atomic E-state index is 0.0416. The lowest BCUT2D eigenvalue weighted by atomic mass is 10.0. The third-order valence-corrected chi connectivity index (χ3v) is 4.86. The molecule has 0 spiro atoms. The number of phenolic OH excluding ortho intramolecular Hbond substituents is 1. The Hall–Kier alpha value is -5.57. The van der Waals surface area contributed by atoms with Crippen LogP contribution in [0.15, 0.2) is 83.7 Å². The summed E-state index contributed by atoms with van der Waals surface area (Å²) in [5.41, 5.74) is 0.107. The van der Waals surface area contributed by atoms with Crippen molar-refractivity contribution in [2.24, 2.45) is 10.2 Å². The monoisotopic (exact) mass is 462 g/mol. The highest BCUT2D eigenvalue weighted by atomic mass is 16.3. The van der Waals surface area contributed by atoms with Crippen molar-refractivity contribution in [3.05, 3.63) is 90.4 Å². The van der Waals surface area contributed by atoms with Crippen LogP contribution in [0.3, 0.4) is 0 Å². The van der Waals surface area contributed by atoms with Gasteiger partial charge in [-0.15, -0.1) is 10.2 Å². The summed E-state index contributed by atoms with van der Waals surface area (Å²) in [6, 6.07) is 11.9. The van der Waals surface area contributed by atoms with Gasteiger partial charge in [0.15, 0.2) is 11.6 Å². The number of carbonyl (C=O) groups is 1. The second-order valence-electron chi connectivity index (χ2n) is 6.99. The highest BCUT2D eigenvalue weighted by Gasteiger charge is 2.20. The molecule has 1 amide bonds. The molecule has 2 aromatic carbocycles. The van der Waals surface area contributed by atoms with Gasteiger partial charge >= 0.3 is 0 Å². The van der Waals surface area contributed by atoms with Crippen LogP contribution in [-0.2, 0) is 0 Å². The lowest BCUT2D eigenvalue weighted by Gasteiger charge is -2.10. The van der Waals surface area contributed by atoms with Gasteiger partial charge in [0.25, 0.3) is 17.5 Å². The third-order valence-electron chi connectivity index (χ3n) is 4.86. The lowest BCUT2D eigenvalue weighted by molar-refractivity contribution is 0.102. The number of nitrogens with one attached hydrogen (secondary N) is 1. The largest absolute Gasteiger partial charge is 0.505 e. The van der Waals surface area contributed by atoms with Gasteiger partial charge in [0, 0.05) is 30.2 Å². The van der Waals surface area contributed by atoms with E-state index in [1.807, 2.05) is 0 Å². The van der Waals surface area contributed by atoms with E-state index < -0.39 is 11.7 Å². The average Bonchev–Trinajstić information content (AvgIpc) is 3.32. The van der Waals surface area contributed by atoms with Crippen LogP contribution >= 0.6 is 0 Å². The number of hydrogen-bond donors (Lipinski definition) is 2. The fourth-order valence-electron chi connectivity index (χ4n) is 3.27. The normalized spacial score (nSPS) is 10.9. The molecule has 5 aromatic rings. The molecule has 12 nitrogen and oxygen atoms in total. The van der Waals surface area contributed by atoms with Crippen LogP contribution in [0.2, 0.25) is 0 Å². The first kappa shape index (κ1) is 21.3. The van der Waals surface area contributed by atoms with Crippen molar-refractivity contribution in [2.45, 2.75) is 0 Å². The van der Waals surface area contributed by atoms with Crippen molar-refractivity contribution < 1.29 is 9.90 Å². The summed E-state index contributed by atoms with van der Waals surface area (Å²) in [5, 5.41) is 27.3. The molecule has 0 saturated carbocycles. The number of aromatic nitrogens is 6. The molecule has 0 unspecified atom stereocenters. The third kappa shape index (κ3) is 4.12. The first-order valence-electron chi connectivity index (χ1n) is 10.1. The first-order valence-corrected chi connectivity index (χ1v) is 10.1. The maximum atomic E-state index is 12.9. The molecular weight excluding hydrogens is 448 g/mol. The van der Waals surface area contributed by atoms with E-state index in [-0.39, 0.29) is 34.7 Å². The van der Waals surface area contributed by atoms with Gasteiger partial charge in [0.1, 0.15) is 5.69 Å². The van der Waals surface area contributed by atoms with Gasteiger partial charge in [-0.1, -0.05) is 24.3 Å². The molecule has 0 aliphatic rings. The van der Waals surface area contributed by atoms with Gasteiger partial charge in [0.05, 0.1) is 18.3 Å². The molecule has 12 heteroatoms. The molecule has 35 heavy (non-hydrogen) atoms. The maximum Gasteiger partial charge on any atom is 0.261 e. The minimum Gasteiger partial charge on any atom is -0.505 e. The molecule has 0 bridgehead atoms. The lowest BCUT2D eigenvalue weighted by Crippen LogP contribution is -2.14. The van der Waals surface area contributed by atoms with Crippen molar-refractivity contribution in [3.8, 4) is 11.7 Å². The number of aromatic hydroxyl groups is 1. The Morgan fingerprint density at radius 2 is 1.71 bits per heavy atom. The molecule has 0 atom stereocenters. The van der Waals surface area contributed by atoms with Crippen molar-refractivity contribution in [2.75, 3.05) is 5.32 Å². The zero-order valence-corrected chi connectivity index (χ0v) is 17.8. The van der Waals surface area contributed by atoms with Crippen molar-refractivity contribution in [3.63, 3.8) is 0 Å². The molecule has 3 heterocycles. The molecule has 0 saturated heterocycles. The first-order chi connectivity index (χ1) is 17.2. The van der Waals surface area contributed by atoms with Crippen molar-refractivity contribution >= 4 is 39.8 Å². The van der Waals surface area contributed by atoms with Crippen molar-refractivity contribution in [1.82, 2.24) is 29.7 Å². The van der Waals surface area contributed by atoms with E-state index in [0.29, 0.717) is 10.8 Å². The molecule has 0 aliphatic carbocycles. The van der Waals surface area contributed by atoms with E-state index in [1.54, 1.807) is 36.4 Å². The summed E-state index contributed by atoms with van der Waals surface area (Å²) in [6.07, 6.45) is 7.34. The molecule has 0 aliphatic heterocycles. The van der Waals surface area contributed by atoms with Crippen LogP contribution in [0.5, 0.6) is 5.75 Å². The Kier molecular flexibility index (Phi) is 5.55. The van der Waals surface area contributed by atoms with Crippen LogP contribution in [-0.4, -0.2) is 40.7 Å². The molecular formula is C23H14N10O2. The smallest absolute Gasteiger partial charge is 0.261 e. The summed E-state index contributed by atoms with van der Waals surface area (Å²) in [5.74, 6) is -0.668. The van der Waals surface area contributed by atoms with Crippen LogP contribution < -0.4 is 5.32 Å². The van der Waals surface area contributed by atoms with E-state index >= 15 is 0 Å². The maximum absolute atomic E-state index is 12.9. The zero-order chi connectivity index (χ0) is 24.2. The summed E-state index contributed by atoms with van der Waals surface area (Å²) in [4.78, 5) is 32.5. The van der Waals surface area contributed by atoms with E-state index in [1.165, 1.54) is 41.7 Å². The van der Waals surface area contributed by atoms with Gasteiger partial charge in [0.2, 0.25) is 5.95 Å². The average molecular weight is 462 g/mol. The molecule has 168 valence electrons. The minimum atomic E-state index is -0.625. The predicted octanol–water partition coefficient (Wildman–Crippen LogP) is 4.53.